The van der Waals surface area contributed by atoms with Gasteiger partial charge in [0.15, 0.2) is 0 Å². The van der Waals surface area contributed by atoms with E-state index in [4.69, 9.17) is 10.00 Å². The minimum absolute atomic E-state index is 0.0831. The van der Waals surface area contributed by atoms with Gasteiger partial charge in [0, 0.05) is 26.1 Å². The van der Waals surface area contributed by atoms with E-state index >= 15 is 0 Å². The van der Waals surface area contributed by atoms with Gasteiger partial charge in [0.25, 0.3) is 5.91 Å². The monoisotopic (exact) mass is 317 g/mol. The van der Waals surface area contributed by atoms with Gasteiger partial charge in [0.2, 0.25) is 0 Å². The number of hydrogen-bond donors (Lipinski definition) is 1. The molecule has 0 unspecified atom stereocenters. The number of alkyl carbamates (subject to hydrolysis) is 1. The number of hydrogen-bond acceptors (Lipinski definition) is 4. The molecule has 0 fully saturated rings. The Morgan fingerprint density at radius 3 is 2.26 bits per heavy atom. The summed E-state index contributed by atoms with van der Waals surface area (Å²) >= 11 is 0. The third-order valence-electron chi connectivity index (χ3n) is 2.89. The molecule has 0 aliphatic heterocycles. The Morgan fingerprint density at radius 1 is 1.26 bits per heavy atom. The largest absolute Gasteiger partial charge is 0.444 e. The van der Waals surface area contributed by atoms with Crippen LogP contribution in [0.3, 0.4) is 0 Å². The lowest BCUT2D eigenvalue weighted by molar-refractivity contribution is 0.0515. The molecule has 0 heterocycles. The van der Waals surface area contributed by atoms with Crippen LogP contribution in [-0.2, 0) is 11.2 Å². The van der Waals surface area contributed by atoms with Crippen LogP contribution in [0, 0.1) is 11.3 Å². The maximum Gasteiger partial charge on any atom is 0.408 e. The van der Waals surface area contributed by atoms with Crippen LogP contribution in [0.5, 0.6) is 0 Å². The minimum atomic E-state index is -0.694. The topological polar surface area (TPSA) is 82.4 Å². The van der Waals surface area contributed by atoms with E-state index in [9.17, 15) is 9.59 Å². The Balaban J connectivity index is 2.68. The van der Waals surface area contributed by atoms with Crippen molar-refractivity contribution in [3.05, 3.63) is 35.4 Å². The van der Waals surface area contributed by atoms with Crippen LogP contribution < -0.4 is 5.32 Å². The van der Waals surface area contributed by atoms with Gasteiger partial charge in [-0.05, 0) is 38.5 Å². The number of carbonyl (C=O) groups excluding carboxylic acids is 2. The van der Waals surface area contributed by atoms with Crippen molar-refractivity contribution in [2.45, 2.75) is 38.8 Å². The van der Waals surface area contributed by atoms with Crippen LogP contribution in [0.2, 0.25) is 0 Å². The summed E-state index contributed by atoms with van der Waals surface area (Å²) in [5.74, 6) is -0.0831. The Kier molecular flexibility index (Phi) is 6.14. The van der Waals surface area contributed by atoms with Crippen molar-refractivity contribution >= 4 is 12.0 Å². The van der Waals surface area contributed by atoms with Crippen molar-refractivity contribution in [3.8, 4) is 6.07 Å². The Bertz CT molecular complexity index is 595. The predicted octanol–water partition coefficient (Wildman–Crippen LogP) is 2.35. The fraction of sp³-hybridized carbons (Fsp3) is 0.471. The van der Waals surface area contributed by atoms with Crippen LogP contribution in [0.1, 0.15) is 36.7 Å². The van der Waals surface area contributed by atoms with Gasteiger partial charge >= 0.3 is 6.09 Å². The summed E-state index contributed by atoms with van der Waals surface area (Å²) in [7, 11) is 3.37. The van der Waals surface area contributed by atoms with E-state index in [0.717, 1.165) is 5.56 Å². The summed E-state index contributed by atoms with van der Waals surface area (Å²) in [5.41, 5.74) is 0.813. The summed E-state index contributed by atoms with van der Waals surface area (Å²) in [6.07, 6.45) is -0.282. The molecule has 2 amide bonds. The van der Waals surface area contributed by atoms with Crippen molar-refractivity contribution < 1.29 is 14.3 Å². The maximum absolute atomic E-state index is 11.8. The van der Waals surface area contributed by atoms with Crippen molar-refractivity contribution in [3.63, 3.8) is 0 Å². The van der Waals surface area contributed by atoms with Gasteiger partial charge in [0.05, 0.1) is 6.07 Å². The smallest absolute Gasteiger partial charge is 0.408 e. The van der Waals surface area contributed by atoms with Crippen molar-refractivity contribution in [2.75, 3.05) is 14.1 Å². The van der Waals surface area contributed by atoms with Crippen molar-refractivity contribution in [2.24, 2.45) is 0 Å². The van der Waals surface area contributed by atoms with Crippen molar-refractivity contribution in [1.29, 1.82) is 5.26 Å². The molecule has 0 aromatic heterocycles. The van der Waals surface area contributed by atoms with E-state index in [0.29, 0.717) is 12.0 Å². The SMILES string of the molecule is CN(C)C(=O)c1ccc(C[C@@H](C#N)NC(=O)OC(C)(C)C)cc1. The number of rotatable bonds is 4. The van der Waals surface area contributed by atoms with Gasteiger partial charge < -0.3 is 15.0 Å². The molecule has 0 bridgehead atoms. The van der Waals surface area contributed by atoms with Gasteiger partial charge in [0.1, 0.15) is 11.6 Å². The fourth-order valence-corrected chi connectivity index (χ4v) is 1.86. The van der Waals surface area contributed by atoms with Crippen LogP contribution in [0.4, 0.5) is 4.79 Å². The molecule has 1 aromatic rings. The third-order valence-corrected chi connectivity index (χ3v) is 2.89. The van der Waals surface area contributed by atoms with Crippen LogP contribution in [0.15, 0.2) is 24.3 Å². The first-order valence-electron chi connectivity index (χ1n) is 7.32. The number of nitrogens with one attached hydrogen (secondary N) is 1. The molecular formula is C17H23N3O3. The second-order valence-electron chi connectivity index (χ2n) is 6.43. The molecule has 0 spiro atoms. The Morgan fingerprint density at radius 2 is 1.83 bits per heavy atom. The molecule has 0 aliphatic rings. The lowest BCUT2D eigenvalue weighted by Crippen LogP contribution is -2.39. The standard InChI is InChI=1S/C17H23N3O3/c1-17(2,3)23-16(22)19-14(11-18)10-12-6-8-13(9-7-12)15(21)20(4)5/h6-9,14H,10H2,1-5H3,(H,19,22)/t14-/m0/s1. The zero-order valence-corrected chi connectivity index (χ0v) is 14.2. The normalized spacial score (nSPS) is 12.0. The molecule has 0 saturated carbocycles. The zero-order valence-electron chi connectivity index (χ0n) is 14.2. The summed E-state index contributed by atoms with van der Waals surface area (Å²) in [5, 5.41) is 11.7. The lowest BCUT2D eigenvalue weighted by atomic mass is 10.0. The molecule has 124 valence electrons. The zero-order chi connectivity index (χ0) is 17.6. The average molecular weight is 317 g/mol. The van der Waals surface area contributed by atoms with Gasteiger partial charge in [-0.2, -0.15) is 5.26 Å². The van der Waals surface area contributed by atoms with E-state index < -0.39 is 17.7 Å². The fourth-order valence-electron chi connectivity index (χ4n) is 1.86. The van der Waals surface area contributed by atoms with E-state index in [1.165, 1.54) is 4.90 Å². The molecule has 6 nitrogen and oxygen atoms in total. The molecule has 1 atom stereocenters. The van der Waals surface area contributed by atoms with Crippen LogP contribution in [-0.4, -0.2) is 42.6 Å². The highest BCUT2D eigenvalue weighted by Crippen LogP contribution is 2.10. The third kappa shape index (κ3) is 6.39. The van der Waals surface area contributed by atoms with Crippen LogP contribution >= 0.6 is 0 Å². The predicted molar refractivity (Wildman–Crippen MR) is 86.9 cm³/mol. The molecule has 23 heavy (non-hydrogen) atoms. The van der Waals surface area contributed by atoms with E-state index in [2.05, 4.69) is 5.32 Å². The molecule has 6 heteroatoms. The first kappa shape index (κ1) is 18.5. The molecule has 1 aromatic carbocycles. The number of nitriles is 1. The second kappa shape index (κ2) is 7.63. The Labute approximate surface area is 137 Å². The maximum atomic E-state index is 11.8. The van der Waals surface area contributed by atoms with Gasteiger partial charge in [-0.15, -0.1) is 0 Å². The number of carbonyl (C=O) groups is 2. The van der Waals surface area contributed by atoms with Gasteiger partial charge in [-0.25, -0.2) is 4.79 Å². The number of amides is 2. The highest BCUT2D eigenvalue weighted by atomic mass is 16.6. The highest BCUT2D eigenvalue weighted by Gasteiger charge is 2.19. The summed E-state index contributed by atoms with van der Waals surface area (Å²) in [4.78, 5) is 25.0. The molecule has 0 saturated heterocycles. The van der Waals surface area contributed by atoms with E-state index in [1.54, 1.807) is 59.1 Å². The minimum Gasteiger partial charge on any atom is -0.444 e. The quantitative estimate of drug-likeness (QED) is 0.924. The summed E-state index contributed by atoms with van der Waals surface area (Å²) in [6, 6.07) is 8.31. The number of ether oxygens (including phenoxy) is 1. The summed E-state index contributed by atoms with van der Waals surface area (Å²) < 4.78 is 5.13. The van der Waals surface area contributed by atoms with Crippen LogP contribution in [0.25, 0.3) is 0 Å². The number of benzene rings is 1. The second-order valence-corrected chi connectivity index (χ2v) is 6.43. The van der Waals surface area contributed by atoms with Gasteiger partial charge in [-0.3, -0.25) is 4.79 Å². The van der Waals surface area contributed by atoms with E-state index in [-0.39, 0.29) is 5.91 Å². The molecule has 0 aliphatic carbocycles. The van der Waals surface area contributed by atoms with Gasteiger partial charge in [-0.1, -0.05) is 12.1 Å². The van der Waals surface area contributed by atoms with E-state index in [1.807, 2.05) is 6.07 Å². The molecular weight excluding hydrogens is 294 g/mol. The lowest BCUT2D eigenvalue weighted by Gasteiger charge is -2.21. The number of nitrogens with zero attached hydrogens (tertiary/aromatic N) is 2. The summed E-state index contributed by atoms with van der Waals surface area (Å²) in [6.45, 7) is 5.28. The highest BCUT2D eigenvalue weighted by molar-refractivity contribution is 5.93. The average Bonchev–Trinajstić information content (AvgIpc) is 2.44. The molecule has 0 radical (unpaired) electrons. The van der Waals surface area contributed by atoms with Crippen molar-refractivity contribution in [1.82, 2.24) is 10.2 Å². The molecule has 1 N–H and O–H groups in total. The first-order valence-corrected chi connectivity index (χ1v) is 7.32. The molecule has 1 rings (SSSR count). The first-order chi connectivity index (χ1) is 10.6. The Hall–Kier alpha value is -2.55.